The molecule has 0 amide bonds. The number of ether oxygens (including phenoxy) is 2. The normalized spacial score (nSPS) is 11.5. The summed E-state index contributed by atoms with van der Waals surface area (Å²) >= 11 is 0. The summed E-state index contributed by atoms with van der Waals surface area (Å²) in [5, 5.41) is 8.28. The van der Waals surface area contributed by atoms with Gasteiger partial charge in [-0.3, -0.25) is 9.59 Å². The molecule has 96 valence electrons. The Morgan fingerprint density at radius 1 is 1.18 bits per heavy atom. The Morgan fingerprint density at radius 3 is 1.82 bits per heavy atom. The van der Waals surface area contributed by atoms with Gasteiger partial charge in [-0.05, 0) is 6.42 Å². The van der Waals surface area contributed by atoms with Crippen LogP contribution in [0.15, 0.2) is 0 Å². The van der Waals surface area contributed by atoms with Gasteiger partial charge >= 0.3 is 18.1 Å². The van der Waals surface area contributed by atoms with Crippen LogP contribution in [-0.2, 0) is 19.1 Å². The zero-order valence-corrected chi connectivity index (χ0v) is 9.13. The van der Waals surface area contributed by atoms with E-state index in [2.05, 4.69) is 9.47 Å². The molecule has 17 heavy (non-hydrogen) atoms. The SMILES string of the molecule is COC(=O)C(CCC#N)(C(=O)OC)C(F)(F)F. The van der Waals surface area contributed by atoms with Gasteiger partial charge in [0.2, 0.25) is 0 Å². The summed E-state index contributed by atoms with van der Waals surface area (Å²) in [5.74, 6) is -3.57. The average molecular weight is 253 g/mol. The first-order chi connectivity index (χ1) is 7.77. The second-order valence-electron chi connectivity index (χ2n) is 3.04. The molecule has 0 saturated heterocycles. The molecular formula is C9H10F3NO4. The Morgan fingerprint density at radius 2 is 1.59 bits per heavy atom. The minimum absolute atomic E-state index is 0.635. The van der Waals surface area contributed by atoms with Crippen LogP contribution in [0.1, 0.15) is 12.8 Å². The fraction of sp³-hybridized carbons (Fsp3) is 0.667. The minimum Gasteiger partial charge on any atom is -0.468 e. The molecule has 0 bridgehead atoms. The summed E-state index contributed by atoms with van der Waals surface area (Å²) in [6.45, 7) is 0. The van der Waals surface area contributed by atoms with Crippen molar-refractivity contribution in [3.8, 4) is 6.07 Å². The van der Waals surface area contributed by atoms with Gasteiger partial charge in [0.25, 0.3) is 5.41 Å². The van der Waals surface area contributed by atoms with Gasteiger partial charge in [-0.15, -0.1) is 0 Å². The fourth-order valence-corrected chi connectivity index (χ4v) is 1.25. The number of carbonyl (C=O) groups excluding carboxylic acids is 2. The zero-order valence-electron chi connectivity index (χ0n) is 9.13. The molecule has 0 aromatic rings. The highest BCUT2D eigenvalue weighted by Gasteiger charge is 2.67. The van der Waals surface area contributed by atoms with E-state index < -0.39 is 36.4 Å². The third kappa shape index (κ3) is 2.67. The highest BCUT2D eigenvalue weighted by atomic mass is 19.4. The molecule has 0 atom stereocenters. The van der Waals surface area contributed by atoms with E-state index in [1.807, 2.05) is 0 Å². The predicted molar refractivity (Wildman–Crippen MR) is 47.4 cm³/mol. The molecule has 0 aliphatic carbocycles. The van der Waals surface area contributed by atoms with Crippen LogP contribution in [0.3, 0.4) is 0 Å². The first kappa shape index (κ1) is 15.2. The number of esters is 2. The highest BCUT2D eigenvalue weighted by Crippen LogP contribution is 2.44. The molecule has 0 radical (unpaired) electrons. The fourth-order valence-electron chi connectivity index (χ4n) is 1.25. The van der Waals surface area contributed by atoms with Crippen LogP contribution < -0.4 is 0 Å². The van der Waals surface area contributed by atoms with Crippen molar-refractivity contribution in [2.75, 3.05) is 14.2 Å². The molecule has 0 N–H and O–H groups in total. The van der Waals surface area contributed by atoms with Crippen molar-refractivity contribution < 1.29 is 32.2 Å². The van der Waals surface area contributed by atoms with Gasteiger partial charge in [0.1, 0.15) is 0 Å². The predicted octanol–water partition coefficient (Wildman–Crippen LogP) is 1.18. The lowest BCUT2D eigenvalue weighted by Gasteiger charge is -2.29. The van der Waals surface area contributed by atoms with E-state index in [9.17, 15) is 22.8 Å². The van der Waals surface area contributed by atoms with E-state index in [1.165, 1.54) is 6.07 Å². The zero-order chi connectivity index (χ0) is 13.7. The number of nitriles is 1. The Balaban J connectivity index is 5.63. The molecule has 5 nitrogen and oxygen atoms in total. The largest absolute Gasteiger partial charge is 0.468 e. The molecule has 0 aromatic heterocycles. The Hall–Kier alpha value is -1.78. The molecule has 0 unspecified atom stereocenters. The van der Waals surface area contributed by atoms with Crippen molar-refractivity contribution in [1.29, 1.82) is 5.26 Å². The van der Waals surface area contributed by atoms with Crippen LogP contribution in [0.4, 0.5) is 13.2 Å². The summed E-state index contributed by atoms with van der Waals surface area (Å²) in [6.07, 6.45) is -6.86. The van der Waals surface area contributed by atoms with Crippen LogP contribution in [0.25, 0.3) is 0 Å². The van der Waals surface area contributed by atoms with E-state index >= 15 is 0 Å². The van der Waals surface area contributed by atoms with Crippen LogP contribution >= 0.6 is 0 Å². The first-order valence-corrected chi connectivity index (χ1v) is 4.38. The summed E-state index contributed by atoms with van der Waals surface area (Å²) in [6, 6.07) is 1.44. The lowest BCUT2D eigenvalue weighted by molar-refractivity contribution is -0.239. The van der Waals surface area contributed by atoms with Gasteiger partial charge in [-0.2, -0.15) is 18.4 Å². The summed E-state index contributed by atoms with van der Waals surface area (Å²) < 4.78 is 46.6. The minimum atomic E-state index is -5.19. The smallest absolute Gasteiger partial charge is 0.415 e. The summed E-state index contributed by atoms with van der Waals surface area (Å²) in [5.41, 5.74) is -3.44. The molecule has 0 fully saturated rings. The van der Waals surface area contributed by atoms with E-state index in [4.69, 9.17) is 5.26 Å². The van der Waals surface area contributed by atoms with Crippen molar-refractivity contribution in [2.24, 2.45) is 5.41 Å². The molecule has 0 spiro atoms. The highest BCUT2D eigenvalue weighted by molar-refractivity contribution is 6.01. The maximum Gasteiger partial charge on any atom is 0.415 e. The number of hydrogen-bond acceptors (Lipinski definition) is 5. The Labute approximate surface area is 95.1 Å². The summed E-state index contributed by atoms with van der Waals surface area (Å²) in [4.78, 5) is 22.5. The molecule has 8 heteroatoms. The Bertz CT molecular complexity index is 329. The van der Waals surface area contributed by atoms with Crippen molar-refractivity contribution in [2.45, 2.75) is 19.0 Å². The van der Waals surface area contributed by atoms with Crippen LogP contribution in [0, 0.1) is 16.7 Å². The molecule has 0 rings (SSSR count). The molecule has 0 aliphatic rings. The quantitative estimate of drug-likeness (QED) is 0.555. The molecule has 0 aliphatic heterocycles. The standard InChI is InChI=1S/C9H10F3NO4/c1-16-6(14)8(4-3-5-13,7(15)17-2)9(10,11)12/h3-4H2,1-2H3. The van der Waals surface area contributed by atoms with Gasteiger partial charge in [-0.25, -0.2) is 0 Å². The first-order valence-electron chi connectivity index (χ1n) is 4.38. The van der Waals surface area contributed by atoms with Gasteiger partial charge in [0.05, 0.1) is 20.3 Å². The number of halogens is 3. The van der Waals surface area contributed by atoms with Crippen molar-refractivity contribution in [3.05, 3.63) is 0 Å². The van der Waals surface area contributed by atoms with Crippen LogP contribution in [-0.4, -0.2) is 32.3 Å². The van der Waals surface area contributed by atoms with E-state index in [1.54, 1.807) is 0 Å². The molecule has 0 heterocycles. The number of rotatable bonds is 4. The lowest BCUT2D eigenvalue weighted by Crippen LogP contribution is -2.52. The third-order valence-corrected chi connectivity index (χ3v) is 2.16. The lowest BCUT2D eigenvalue weighted by atomic mass is 9.82. The van der Waals surface area contributed by atoms with Crippen LogP contribution in [0.2, 0.25) is 0 Å². The van der Waals surface area contributed by atoms with E-state index in [0.29, 0.717) is 0 Å². The van der Waals surface area contributed by atoms with Crippen molar-refractivity contribution >= 4 is 11.9 Å². The number of nitrogens with zero attached hydrogens (tertiary/aromatic N) is 1. The third-order valence-electron chi connectivity index (χ3n) is 2.16. The number of carbonyl (C=O) groups is 2. The van der Waals surface area contributed by atoms with Gasteiger partial charge < -0.3 is 9.47 Å². The van der Waals surface area contributed by atoms with Crippen molar-refractivity contribution in [1.82, 2.24) is 0 Å². The molecule has 0 aromatic carbocycles. The maximum absolute atomic E-state index is 12.9. The molecule has 0 saturated carbocycles. The number of methoxy groups -OCH3 is 2. The maximum atomic E-state index is 12.9. The number of hydrogen-bond donors (Lipinski definition) is 0. The molecular weight excluding hydrogens is 243 g/mol. The van der Waals surface area contributed by atoms with Crippen molar-refractivity contribution in [3.63, 3.8) is 0 Å². The van der Waals surface area contributed by atoms with Gasteiger partial charge in [0.15, 0.2) is 0 Å². The Kier molecular flexibility index (Phi) is 4.94. The number of alkyl halides is 3. The second kappa shape index (κ2) is 5.52. The monoisotopic (exact) mass is 253 g/mol. The van der Waals surface area contributed by atoms with Crippen LogP contribution in [0.5, 0.6) is 0 Å². The van der Waals surface area contributed by atoms with Gasteiger partial charge in [0, 0.05) is 6.42 Å². The van der Waals surface area contributed by atoms with Gasteiger partial charge in [-0.1, -0.05) is 0 Å². The van der Waals surface area contributed by atoms with E-state index in [0.717, 1.165) is 14.2 Å². The second-order valence-corrected chi connectivity index (χ2v) is 3.04. The van der Waals surface area contributed by atoms with E-state index in [-0.39, 0.29) is 0 Å². The summed E-state index contributed by atoms with van der Waals surface area (Å²) in [7, 11) is 1.44. The average Bonchev–Trinajstić information content (AvgIpc) is 2.27. The topological polar surface area (TPSA) is 76.4 Å².